The third kappa shape index (κ3) is 6.35. The van der Waals surface area contributed by atoms with Gasteiger partial charge in [0.25, 0.3) is 0 Å². The van der Waals surface area contributed by atoms with Crippen molar-refractivity contribution in [1.82, 2.24) is 4.90 Å². The Bertz CT molecular complexity index is 999. The lowest BCUT2D eigenvalue weighted by molar-refractivity contribution is 0.0205. The molecule has 164 valence electrons. The van der Waals surface area contributed by atoms with E-state index in [1.165, 1.54) is 48.3 Å². The van der Waals surface area contributed by atoms with Gasteiger partial charge in [-0.05, 0) is 63.1 Å². The minimum absolute atomic E-state index is 0.00905. The van der Waals surface area contributed by atoms with E-state index in [0.717, 1.165) is 0 Å². The summed E-state index contributed by atoms with van der Waals surface area (Å²) in [6.45, 7) is 6.88. The van der Waals surface area contributed by atoms with E-state index in [2.05, 4.69) is 0 Å². The zero-order chi connectivity index (χ0) is 22.7. The molecule has 30 heavy (non-hydrogen) atoms. The summed E-state index contributed by atoms with van der Waals surface area (Å²) in [5, 5.41) is 10.7. The normalized spacial score (nSPS) is 12.9. The smallest absolute Gasteiger partial charge is 0.410 e. The van der Waals surface area contributed by atoms with Crippen LogP contribution in [0.1, 0.15) is 38.0 Å². The van der Waals surface area contributed by atoms with Gasteiger partial charge in [0.15, 0.2) is 0 Å². The van der Waals surface area contributed by atoms with Crippen molar-refractivity contribution in [2.75, 3.05) is 13.6 Å². The van der Waals surface area contributed by atoms with Gasteiger partial charge in [0.2, 0.25) is 0 Å². The number of nitrogens with zero attached hydrogens (tertiary/aromatic N) is 1. The molecule has 0 aliphatic rings. The second-order valence-corrected chi connectivity index (χ2v) is 9.77. The van der Waals surface area contributed by atoms with Crippen LogP contribution in [0.2, 0.25) is 5.02 Å². The number of carbonyl (C=O) groups excluding carboxylic acids is 1. The van der Waals surface area contributed by atoms with E-state index in [4.69, 9.17) is 20.5 Å². The summed E-state index contributed by atoms with van der Waals surface area (Å²) in [5.41, 5.74) is 0.257. The largest absolute Gasteiger partial charge is 0.444 e. The first-order valence-corrected chi connectivity index (χ1v) is 11.0. The van der Waals surface area contributed by atoms with Crippen molar-refractivity contribution < 1.29 is 27.2 Å². The van der Waals surface area contributed by atoms with Crippen LogP contribution in [0.25, 0.3) is 0 Å². The second-order valence-electron chi connectivity index (χ2n) is 7.85. The molecule has 0 spiro atoms. The molecule has 2 aromatic carbocycles. The van der Waals surface area contributed by atoms with E-state index in [-0.39, 0.29) is 17.2 Å². The fourth-order valence-corrected chi connectivity index (χ4v) is 3.97. The summed E-state index contributed by atoms with van der Waals surface area (Å²) < 4.78 is 35.5. The molecule has 0 heterocycles. The predicted molar refractivity (Wildman–Crippen MR) is 114 cm³/mol. The van der Waals surface area contributed by atoms with Gasteiger partial charge < -0.3 is 18.9 Å². The highest BCUT2D eigenvalue weighted by Crippen LogP contribution is 2.27. The molecule has 1 atom stereocenters. The number of ether oxygens (including phenoxy) is 1. The molecular formula is C21H26ClNO6S. The lowest BCUT2D eigenvalue weighted by atomic mass is 10.1. The monoisotopic (exact) mass is 455 g/mol. The lowest BCUT2D eigenvalue weighted by Gasteiger charge is -2.26. The number of likely N-dealkylation sites (N-methyl/N-ethyl adjacent to an activating group) is 1. The average Bonchev–Trinajstić information content (AvgIpc) is 2.62. The van der Waals surface area contributed by atoms with Crippen molar-refractivity contribution in [2.45, 2.75) is 44.3 Å². The highest BCUT2D eigenvalue weighted by molar-refractivity contribution is 7.87. The maximum absolute atomic E-state index is 12.5. The Hall–Kier alpha value is -2.29. The highest BCUT2D eigenvalue weighted by Gasteiger charge is 2.23. The number of benzene rings is 2. The van der Waals surface area contributed by atoms with Crippen LogP contribution in [0.5, 0.6) is 5.75 Å². The van der Waals surface area contributed by atoms with Crippen LogP contribution in [0.15, 0.2) is 47.4 Å². The molecule has 0 radical (unpaired) electrons. The fraction of sp³-hybridized carbons (Fsp3) is 0.381. The topological polar surface area (TPSA) is 93.1 Å². The van der Waals surface area contributed by atoms with Crippen molar-refractivity contribution in [3.63, 3.8) is 0 Å². The maximum atomic E-state index is 12.5. The molecule has 0 fully saturated rings. The summed E-state index contributed by atoms with van der Waals surface area (Å²) in [6, 6.07) is 10.5. The van der Waals surface area contributed by atoms with Gasteiger partial charge in [-0.15, -0.1) is 0 Å². The molecule has 2 aromatic rings. The Morgan fingerprint density at radius 3 is 2.33 bits per heavy atom. The zero-order valence-electron chi connectivity index (χ0n) is 17.5. The summed E-state index contributed by atoms with van der Waals surface area (Å²) >= 11 is 5.99. The van der Waals surface area contributed by atoms with Crippen molar-refractivity contribution in [1.29, 1.82) is 0 Å². The predicted octanol–water partition coefficient (Wildman–Crippen LogP) is 4.32. The van der Waals surface area contributed by atoms with Crippen LogP contribution in [0, 0.1) is 6.92 Å². The number of aliphatic hydroxyl groups excluding tert-OH is 1. The number of halogens is 1. The molecule has 0 saturated heterocycles. The van der Waals surface area contributed by atoms with E-state index in [1.54, 1.807) is 33.8 Å². The Morgan fingerprint density at radius 2 is 1.77 bits per heavy atom. The molecule has 1 unspecified atom stereocenters. The molecule has 2 rings (SSSR count). The Labute approximate surface area is 182 Å². The number of carbonyl (C=O) groups is 1. The Morgan fingerprint density at radius 1 is 1.17 bits per heavy atom. The third-order valence-corrected chi connectivity index (χ3v) is 5.91. The number of hydrogen-bond donors (Lipinski definition) is 1. The van der Waals surface area contributed by atoms with E-state index < -0.39 is 27.9 Å². The first-order chi connectivity index (χ1) is 13.8. The summed E-state index contributed by atoms with van der Waals surface area (Å²) in [7, 11) is -2.54. The number of aliphatic hydroxyl groups is 1. The molecule has 9 heteroatoms. The second kappa shape index (κ2) is 9.24. The van der Waals surface area contributed by atoms with Gasteiger partial charge in [0.1, 0.15) is 16.2 Å². The van der Waals surface area contributed by atoms with Gasteiger partial charge in [0, 0.05) is 12.1 Å². The van der Waals surface area contributed by atoms with E-state index in [1.807, 2.05) is 0 Å². The molecule has 0 bridgehead atoms. The quantitative estimate of drug-likeness (QED) is 0.652. The van der Waals surface area contributed by atoms with Gasteiger partial charge in [0.05, 0.1) is 12.6 Å². The molecule has 0 aromatic heterocycles. The number of rotatable bonds is 6. The highest BCUT2D eigenvalue weighted by atomic mass is 35.5. The average molecular weight is 456 g/mol. The third-order valence-electron chi connectivity index (χ3n) is 4.11. The maximum Gasteiger partial charge on any atom is 0.410 e. The number of hydrogen-bond acceptors (Lipinski definition) is 6. The van der Waals surface area contributed by atoms with Crippen molar-refractivity contribution in [2.24, 2.45) is 0 Å². The molecule has 0 aliphatic carbocycles. The van der Waals surface area contributed by atoms with Crippen LogP contribution in [0.4, 0.5) is 4.79 Å². The minimum Gasteiger partial charge on any atom is -0.444 e. The fourth-order valence-electron chi connectivity index (χ4n) is 2.55. The van der Waals surface area contributed by atoms with Crippen LogP contribution in [0.3, 0.4) is 0 Å². The van der Waals surface area contributed by atoms with E-state index in [9.17, 15) is 18.3 Å². The molecule has 1 amide bonds. The SMILES string of the molecule is Cc1c(Cl)cccc1S(=O)(=O)Oc1ccc(C(O)CN(C)C(=O)OC(C)(C)C)cc1. The first-order valence-electron chi connectivity index (χ1n) is 9.22. The van der Waals surface area contributed by atoms with E-state index in [0.29, 0.717) is 16.1 Å². The number of amides is 1. The lowest BCUT2D eigenvalue weighted by Crippen LogP contribution is -2.36. The van der Waals surface area contributed by atoms with Crippen molar-refractivity contribution in [3.05, 3.63) is 58.6 Å². The van der Waals surface area contributed by atoms with Crippen molar-refractivity contribution >= 4 is 27.8 Å². The van der Waals surface area contributed by atoms with Crippen molar-refractivity contribution in [3.8, 4) is 5.75 Å². The van der Waals surface area contributed by atoms with Crippen LogP contribution < -0.4 is 4.18 Å². The summed E-state index contributed by atoms with van der Waals surface area (Å²) in [6.07, 6.45) is -1.53. The molecular weight excluding hydrogens is 430 g/mol. The van der Waals surface area contributed by atoms with Crippen LogP contribution in [-0.4, -0.2) is 43.7 Å². The molecule has 0 saturated carbocycles. The Kier molecular flexibility index (Phi) is 7.39. The summed E-state index contributed by atoms with van der Waals surface area (Å²) in [4.78, 5) is 13.3. The molecule has 7 nitrogen and oxygen atoms in total. The zero-order valence-corrected chi connectivity index (χ0v) is 19.1. The van der Waals surface area contributed by atoms with Gasteiger partial charge in [-0.3, -0.25) is 0 Å². The minimum atomic E-state index is -4.06. The molecule has 0 aliphatic heterocycles. The Balaban J connectivity index is 2.07. The first kappa shape index (κ1) is 24.0. The van der Waals surface area contributed by atoms with Gasteiger partial charge in [-0.2, -0.15) is 8.42 Å². The summed E-state index contributed by atoms with van der Waals surface area (Å²) in [5.74, 6) is 0.0887. The van der Waals surface area contributed by atoms with Gasteiger partial charge in [-0.25, -0.2) is 4.79 Å². The van der Waals surface area contributed by atoms with Crippen LogP contribution >= 0.6 is 11.6 Å². The van der Waals surface area contributed by atoms with E-state index >= 15 is 0 Å². The standard InChI is InChI=1S/C21H26ClNO6S/c1-14-17(22)7-6-8-19(14)30(26,27)29-16-11-9-15(10-12-16)18(24)13-23(5)20(25)28-21(2,3)4/h6-12,18,24H,13H2,1-5H3. The molecule has 1 N–H and O–H groups in total. The van der Waals surface area contributed by atoms with Gasteiger partial charge in [-0.1, -0.05) is 29.8 Å². The van der Waals surface area contributed by atoms with Crippen LogP contribution in [-0.2, 0) is 14.9 Å². The van der Waals surface area contributed by atoms with Gasteiger partial charge >= 0.3 is 16.2 Å².